The number of nitrogens with one attached hydrogen (secondary N) is 1. The Balaban J connectivity index is 0.00000181. The van der Waals surface area contributed by atoms with E-state index in [1.165, 1.54) is 0 Å². The molecule has 1 amide bonds. The van der Waals surface area contributed by atoms with Crippen molar-refractivity contribution in [1.82, 2.24) is 10.3 Å². The highest BCUT2D eigenvalue weighted by molar-refractivity contribution is 9.10. The average molecular weight is 625 g/mol. The van der Waals surface area contributed by atoms with Crippen LogP contribution < -0.4 is 24.3 Å². The second-order valence-corrected chi connectivity index (χ2v) is 10.2. The maximum atomic E-state index is 12.9. The summed E-state index contributed by atoms with van der Waals surface area (Å²) in [6.07, 6.45) is 2.29. The molecule has 2 heterocycles. The predicted molar refractivity (Wildman–Crippen MR) is 163 cm³/mol. The van der Waals surface area contributed by atoms with Crippen LogP contribution in [0.2, 0.25) is 0 Å². The van der Waals surface area contributed by atoms with E-state index in [-0.39, 0.29) is 5.91 Å². The van der Waals surface area contributed by atoms with E-state index in [1.807, 2.05) is 50.2 Å². The van der Waals surface area contributed by atoms with Crippen molar-refractivity contribution in [2.24, 2.45) is 4.99 Å². The van der Waals surface area contributed by atoms with Gasteiger partial charge in [0.25, 0.3) is 5.91 Å². The molecule has 0 saturated heterocycles. The summed E-state index contributed by atoms with van der Waals surface area (Å²) >= 11 is 5.30. The number of aliphatic imine (C=N–C) groups is 1. The summed E-state index contributed by atoms with van der Waals surface area (Å²) in [6.45, 7) is 4.00. The zero-order chi connectivity index (χ0) is 28.6. The number of pyridine rings is 1. The molecule has 1 N–H and O–H groups in total. The molecule has 208 valence electrons. The van der Waals surface area contributed by atoms with Crippen molar-refractivity contribution >= 4 is 56.0 Å². The van der Waals surface area contributed by atoms with Gasteiger partial charge in [-0.1, -0.05) is 26.0 Å². The molecule has 3 aromatic carbocycles. The molecule has 0 aliphatic carbocycles. The molecule has 4 aromatic rings. The molecule has 40 heavy (non-hydrogen) atoms. The number of carbonyl (C=O) groups is 1. The Bertz CT molecular complexity index is 1560. The number of aromatic nitrogens is 1. The van der Waals surface area contributed by atoms with E-state index in [9.17, 15) is 4.79 Å². The van der Waals surface area contributed by atoms with Gasteiger partial charge in [0.1, 0.15) is 23.1 Å². The van der Waals surface area contributed by atoms with Crippen molar-refractivity contribution < 1.29 is 23.7 Å². The minimum atomic E-state index is -0.262. The fourth-order valence-electron chi connectivity index (χ4n) is 4.06. The molecule has 0 atom stereocenters. The predicted octanol–water partition coefficient (Wildman–Crippen LogP) is 7.80. The highest BCUT2D eigenvalue weighted by Crippen LogP contribution is 2.44. The number of rotatable bonds is 6. The number of fused-ring (bicyclic) bond motifs is 2. The van der Waals surface area contributed by atoms with Gasteiger partial charge >= 0.3 is 0 Å². The number of ether oxygens (including phenoxy) is 4. The Morgan fingerprint density at radius 1 is 0.925 bits per heavy atom. The van der Waals surface area contributed by atoms with Crippen molar-refractivity contribution in [1.29, 1.82) is 0 Å². The molecule has 0 radical (unpaired) electrons. The Hall–Kier alpha value is -3.76. The molecule has 0 fully saturated rings. The van der Waals surface area contributed by atoms with Crippen LogP contribution in [0.4, 0.5) is 5.69 Å². The molecular formula is C30H30BrN3O5S. The lowest BCUT2D eigenvalue weighted by Gasteiger charge is -2.14. The minimum absolute atomic E-state index is 0.262. The van der Waals surface area contributed by atoms with Crippen molar-refractivity contribution in [3.8, 4) is 28.7 Å². The van der Waals surface area contributed by atoms with E-state index in [0.717, 1.165) is 31.7 Å². The number of amidine groups is 1. The number of halogens is 1. The fourth-order valence-corrected chi connectivity index (χ4v) is 5.73. The van der Waals surface area contributed by atoms with Crippen LogP contribution in [0.3, 0.4) is 0 Å². The molecule has 1 aliphatic heterocycles. The summed E-state index contributed by atoms with van der Waals surface area (Å²) in [5, 5.41) is 3.74. The van der Waals surface area contributed by atoms with Gasteiger partial charge in [-0.25, -0.2) is 4.99 Å². The van der Waals surface area contributed by atoms with Crippen molar-refractivity contribution in [2.75, 3.05) is 27.1 Å². The van der Waals surface area contributed by atoms with Crippen LogP contribution in [0.15, 0.2) is 75.2 Å². The average Bonchev–Trinajstić information content (AvgIpc) is 3.19. The number of carbonyl (C=O) groups excluding carboxylic acids is 1. The van der Waals surface area contributed by atoms with Gasteiger partial charge in [0.05, 0.1) is 38.1 Å². The van der Waals surface area contributed by atoms with Gasteiger partial charge in [0.15, 0.2) is 11.5 Å². The van der Waals surface area contributed by atoms with Crippen LogP contribution in [-0.4, -0.2) is 43.8 Å². The normalized spacial score (nSPS) is 12.2. The molecular weight excluding hydrogens is 594 g/mol. The highest BCUT2D eigenvalue weighted by atomic mass is 79.9. The summed E-state index contributed by atoms with van der Waals surface area (Å²) in [7, 11) is 4.72. The second-order valence-electron chi connectivity index (χ2n) is 8.20. The van der Waals surface area contributed by atoms with Crippen LogP contribution in [0.1, 0.15) is 30.6 Å². The molecule has 0 unspecified atom stereocenters. The standard InChI is InChI=1S/C28H24BrN3O5S.C2H6/c1-34-21-7-5-4-6-17(21)28(33)32-26-9-11-38-25-13-16(12-19(29)27(25)31-26)37-22-8-10-30-20-15-24(36-3)23(35-2)14-18(20)22;1-2/h4-8,10,12-15H,9,11H2,1-3H3,(H,31,32,33);1-2H3. The van der Waals surface area contributed by atoms with Crippen LogP contribution in [0.5, 0.6) is 28.7 Å². The third kappa shape index (κ3) is 6.34. The molecule has 0 bridgehead atoms. The Labute approximate surface area is 246 Å². The number of nitrogens with zero attached hydrogens (tertiary/aromatic N) is 2. The maximum Gasteiger partial charge on any atom is 0.260 e. The number of hydrogen-bond donors (Lipinski definition) is 1. The van der Waals surface area contributed by atoms with Gasteiger partial charge in [0.2, 0.25) is 0 Å². The molecule has 10 heteroatoms. The lowest BCUT2D eigenvalue weighted by molar-refractivity contribution is 0.0973. The monoisotopic (exact) mass is 623 g/mol. The first-order valence-electron chi connectivity index (χ1n) is 12.7. The van der Waals surface area contributed by atoms with E-state index >= 15 is 0 Å². The lowest BCUT2D eigenvalue weighted by Crippen LogP contribution is -2.30. The van der Waals surface area contributed by atoms with Crippen LogP contribution >= 0.6 is 27.7 Å². The summed E-state index contributed by atoms with van der Waals surface area (Å²) < 4.78 is 23.3. The van der Waals surface area contributed by atoms with Crippen LogP contribution in [0.25, 0.3) is 10.9 Å². The molecule has 8 nitrogen and oxygen atoms in total. The first-order valence-corrected chi connectivity index (χ1v) is 14.5. The van der Waals surface area contributed by atoms with Crippen molar-refractivity contribution in [2.45, 2.75) is 25.2 Å². The first-order chi connectivity index (χ1) is 19.5. The van der Waals surface area contributed by atoms with E-state index in [4.69, 9.17) is 23.9 Å². The van der Waals surface area contributed by atoms with Gasteiger partial charge in [-0.2, -0.15) is 0 Å². The smallest absolute Gasteiger partial charge is 0.260 e. The van der Waals surface area contributed by atoms with Gasteiger partial charge < -0.3 is 24.3 Å². The summed E-state index contributed by atoms with van der Waals surface area (Å²) in [5.41, 5.74) is 1.92. The summed E-state index contributed by atoms with van der Waals surface area (Å²) in [5.74, 6) is 4.04. The third-order valence-corrected chi connectivity index (χ3v) is 7.52. The summed E-state index contributed by atoms with van der Waals surface area (Å²) in [6, 6.07) is 16.4. The van der Waals surface area contributed by atoms with E-state index < -0.39 is 0 Å². The lowest BCUT2D eigenvalue weighted by atomic mass is 10.2. The zero-order valence-corrected chi connectivity index (χ0v) is 25.3. The quantitative estimate of drug-likeness (QED) is 0.234. The largest absolute Gasteiger partial charge is 0.496 e. The minimum Gasteiger partial charge on any atom is -0.496 e. The van der Waals surface area contributed by atoms with E-state index in [1.54, 1.807) is 57.5 Å². The topological polar surface area (TPSA) is 91.3 Å². The molecule has 1 aromatic heterocycles. The molecule has 5 rings (SSSR count). The third-order valence-electron chi connectivity index (χ3n) is 5.89. The number of para-hydroxylation sites is 1. The second kappa shape index (κ2) is 13.5. The maximum absolute atomic E-state index is 12.9. The van der Waals surface area contributed by atoms with E-state index in [2.05, 4.69) is 26.2 Å². The van der Waals surface area contributed by atoms with Gasteiger partial charge in [-0.3, -0.25) is 9.78 Å². The number of methoxy groups -OCH3 is 3. The van der Waals surface area contributed by atoms with Gasteiger partial charge in [0, 0.05) is 39.2 Å². The van der Waals surface area contributed by atoms with E-state index in [0.29, 0.717) is 46.6 Å². The number of benzene rings is 3. The van der Waals surface area contributed by atoms with Gasteiger partial charge in [-0.05, 0) is 52.3 Å². The molecule has 0 spiro atoms. The van der Waals surface area contributed by atoms with Crippen molar-refractivity contribution in [3.63, 3.8) is 0 Å². The molecule has 0 saturated carbocycles. The SMILES string of the molecule is CC.COc1cc2nccc(Oc3cc(Br)c4c(c3)SCCC(NC(=O)c3ccccc3OC)=N4)c2cc1OC. The van der Waals surface area contributed by atoms with Crippen molar-refractivity contribution in [3.05, 3.63) is 70.8 Å². The fraction of sp³-hybridized carbons (Fsp3) is 0.233. The Kier molecular flexibility index (Phi) is 9.89. The number of hydrogen-bond acceptors (Lipinski definition) is 8. The van der Waals surface area contributed by atoms with Gasteiger partial charge in [-0.15, -0.1) is 11.8 Å². The zero-order valence-electron chi connectivity index (χ0n) is 22.9. The highest BCUT2D eigenvalue weighted by Gasteiger charge is 2.20. The Morgan fingerprint density at radius 2 is 1.65 bits per heavy atom. The van der Waals surface area contributed by atoms with Crippen LogP contribution in [-0.2, 0) is 0 Å². The summed E-state index contributed by atoms with van der Waals surface area (Å²) in [4.78, 5) is 23.1. The van der Waals surface area contributed by atoms with Crippen LogP contribution in [0, 0.1) is 0 Å². The number of amides is 1. The Morgan fingerprint density at radius 3 is 2.40 bits per heavy atom. The number of thioether (sulfide) groups is 1. The molecule has 1 aliphatic rings. The first kappa shape index (κ1) is 29.2.